The first-order valence-electron chi connectivity index (χ1n) is 2.87. The molecule has 0 saturated carbocycles. The summed E-state index contributed by atoms with van der Waals surface area (Å²) in [5.41, 5.74) is 1.35. The Bertz CT molecular complexity index is 297. The number of H-pyrrole nitrogens is 1. The van der Waals surface area contributed by atoms with Crippen LogP contribution < -0.4 is 11.0 Å². The van der Waals surface area contributed by atoms with Crippen LogP contribution >= 0.6 is 0 Å². The molecule has 11 heavy (non-hydrogen) atoms. The molecule has 1 amide bonds. The van der Waals surface area contributed by atoms with Crippen molar-refractivity contribution in [2.24, 2.45) is 0 Å². The Morgan fingerprint density at radius 1 is 1.55 bits per heavy atom. The van der Waals surface area contributed by atoms with Gasteiger partial charge in [0.15, 0.2) is 0 Å². The van der Waals surface area contributed by atoms with Crippen LogP contribution in [0.15, 0.2) is 23.1 Å². The van der Waals surface area contributed by atoms with Gasteiger partial charge in [-0.15, -0.1) is 0 Å². The van der Waals surface area contributed by atoms with Crippen molar-refractivity contribution in [1.82, 2.24) is 10.5 Å². The van der Waals surface area contributed by atoms with Gasteiger partial charge in [-0.1, -0.05) is 0 Å². The zero-order valence-electron chi connectivity index (χ0n) is 5.50. The van der Waals surface area contributed by atoms with E-state index >= 15 is 0 Å². The molecule has 0 aromatic carbocycles. The molecule has 5 nitrogen and oxygen atoms in total. The summed E-state index contributed by atoms with van der Waals surface area (Å²) in [5, 5.41) is 8.17. The van der Waals surface area contributed by atoms with Crippen LogP contribution in [0.1, 0.15) is 10.4 Å². The van der Waals surface area contributed by atoms with Gasteiger partial charge in [0.2, 0.25) is 5.56 Å². The number of amides is 1. The predicted molar refractivity (Wildman–Crippen MR) is 36.3 cm³/mol. The van der Waals surface area contributed by atoms with Crippen molar-refractivity contribution in [2.45, 2.75) is 0 Å². The van der Waals surface area contributed by atoms with Crippen molar-refractivity contribution in [3.63, 3.8) is 0 Å². The molecule has 0 aliphatic carbocycles. The first-order valence-corrected chi connectivity index (χ1v) is 2.87. The van der Waals surface area contributed by atoms with E-state index in [0.717, 1.165) is 0 Å². The van der Waals surface area contributed by atoms with Crippen LogP contribution in [0.2, 0.25) is 0 Å². The first kappa shape index (κ1) is 7.49. The van der Waals surface area contributed by atoms with Crippen LogP contribution in [-0.4, -0.2) is 16.1 Å². The zero-order chi connectivity index (χ0) is 8.27. The van der Waals surface area contributed by atoms with Crippen LogP contribution in [0.25, 0.3) is 0 Å². The molecule has 3 N–H and O–H groups in total. The molecule has 0 unspecified atom stereocenters. The van der Waals surface area contributed by atoms with Crippen molar-refractivity contribution < 1.29 is 10.0 Å². The van der Waals surface area contributed by atoms with Crippen molar-refractivity contribution in [2.75, 3.05) is 0 Å². The van der Waals surface area contributed by atoms with Crippen molar-refractivity contribution in [1.29, 1.82) is 0 Å². The minimum atomic E-state index is -0.652. The average molecular weight is 154 g/mol. The number of hydroxylamine groups is 1. The Kier molecular flexibility index (Phi) is 2.03. The maximum atomic E-state index is 10.6. The fourth-order valence-electron chi connectivity index (χ4n) is 0.616. The molecule has 0 atom stereocenters. The van der Waals surface area contributed by atoms with Crippen molar-refractivity contribution in [3.05, 3.63) is 34.2 Å². The van der Waals surface area contributed by atoms with E-state index in [2.05, 4.69) is 4.98 Å². The highest BCUT2D eigenvalue weighted by Crippen LogP contribution is 1.90. The standard InChI is InChI=1S/C6H6N2O3/c9-5-2-1-4(3-7-5)6(10)8-11/h1-3,11H,(H,7,9)(H,8,10). The molecule has 1 aromatic heterocycles. The van der Waals surface area contributed by atoms with Gasteiger partial charge in [0.05, 0.1) is 5.56 Å². The molecule has 0 radical (unpaired) electrons. The van der Waals surface area contributed by atoms with Crippen LogP contribution in [0, 0.1) is 0 Å². The highest BCUT2D eigenvalue weighted by Gasteiger charge is 2.01. The summed E-state index contributed by atoms with van der Waals surface area (Å²) in [4.78, 5) is 23.4. The Labute approximate surface area is 61.6 Å². The monoisotopic (exact) mass is 154 g/mol. The number of carbonyl (C=O) groups is 1. The van der Waals surface area contributed by atoms with E-state index in [1.165, 1.54) is 23.8 Å². The summed E-state index contributed by atoms with van der Waals surface area (Å²) in [5.74, 6) is -0.652. The van der Waals surface area contributed by atoms with Gasteiger partial charge in [-0.2, -0.15) is 0 Å². The van der Waals surface area contributed by atoms with E-state index in [9.17, 15) is 9.59 Å². The number of aromatic amines is 1. The van der Waals surface area contributed by atoms with Crippen LogP contribution in [0.4, 0.5) is 0 Å². The molecule has 58 valence electrons. The molecule has 1 rings (SSSR count). The van der Waals surface area contributed by atoms with E-state index in [-0.39, 0.29) is 11.1 Å². The summed E-state index contributed by atoms with van der Waals surface area (Å²) < 4.78 is 0. The van der Waals surface area contributed by atoms with Crippen molar-refractivity contribution in [3.8, 4) is 0 Å². The Morgan fingerprint density at radius 2 is 2.27 bits per heavy atom. The molecule has 0 bridgehead atoms. The third-order valence-corrected chi connectivity index (χ3v) is 1.15. The van der Waals surface area contributed by atoms with E-state index in [1.54, 1.807) is 0 Å². The number of pyridine rings is 1. The summed E-state index contributed by atoms with van der Waals surface area (Å²) in [6, 6.07) is 2.51. The molecule has 0 aliphatic heterocycles. The quantitative estimate of drug-likeness (QED) is 0.376. The number of hydrogen-bond acceptors (Lipinski definition) is 3. The van der Waals surface area contributed by atoms with Gasteiger partial charge in [0, 0.05) is 12.3 Å². The lowest BCUT2D eigenvalue weighted by molar-refractivity contribution is 0.0706. The number of nitrogens with one attached hydrogen (secondary N) is 2. The lowest BCUT2D eigenvalue weighted by Gasteiger charge is -1.94. The third-order valence-electron chi connectivity index (χ3n) is 1.15. The largest absolute Gasteiger partial charge is 0.328 e. The minimum absolute atomic E-state index is 0.201. The molecule has 0 fully saturated rings. The zero-order valence-corrected chi connectivity index (χ0v) is 5.50. The Hall–Kier alpha value is -1.62. The van der Waals surface area contributed by atoms with Crippen LogP contribution in [0.3, 0.4) is 0 Å². The molecule has 0 spiro atoms. The van der Waals surface area contributed by atoms with E-state index in [1.807, 2.05) is 0 Å². The second-order valence-corrected chi connectivity index (χ2v) is 1.88. The summed E-state index contributed by atoms with van der Waals surface area (Å²) in [6.07, 6.45) is 1.22. The fourth-order valence-corrected chi connectivity index (χ4v) is 0.616. The first-order chi connectivity index (χ1) is 5.24. The number of hydrogen-bond donors (Lipinski definition) is 3. The molecule has 1 aromatic rings. The Balaban J connectivity index is 2.99. The maximum Gasteiger partial charge on any atom is 0.276 e. The smallest absolute Gasteiger partial charge is 0.276 e. The molecule has 0 aliphatic rings. The SMILES string of the molecule is O=C(NO)c1ccc(=O)[nH]c1. The lowest BCUT2D eigenvalue weighted by Crippen LogP contribution is -2.19. The normalized spacial score (nSPS) is 9.18. The van der Waals surface area contributed by atoms with Gasteiger partial charge in [-0.25, -0.2) is 5.48 Å². The average Bonchev–Trinajstić information content (AvgIpc) is 2.05. The van der Waals surface area contributed by atoms with Gasteiger partial charge in [-0.3, -0.25) is 14.8 Å². The van der Waals surface area contributed by atoms with Gasteiger partial charge in [-0.05, 0) is 6.07 Å². The van der Waals surface area contributed by atoms with Crippen LogP contribution in [0.5, 0.6) is 0 Å². The number of aromatic nitrogens is 1. The van der Waals surface area contributed by atoms with Gasteiger partial charge < -0.3 is 4.98 Å². The second-order valence-electron chi connectivity index (χ2n) is 1.88. The highest BCUT2D eigenvalue weighted by molar-refractivity contribution is 5.92. The van der Waals surface area contributed by atoms with E-state index in [4.69, 9.17) is 5.21 Å². The summed E-state index contributed by atoms with van der Waals surface area (Å²) in [6.45, 7) is 0. The van der Waals surface area contributed by atoms with E-state index < -0.39 is 5.91 Å². The topological polar surface area (TPSA) is 82.2 Å². The fraction of sp³-hybridized carbons (Fsp3) is 0. The van der Waals surface area contributed by atoms with Gasteiger partial charge >= 0.3 is 0 Å². The molecule has 1 heterocycles. The maximum absolute atomic E-state index is 10.6. The predicted octanol–water partition coefficient (Wildman–Crippen LogP) is -0.506. The molecule has 5 heteroatoms. The minimum Gasteiger partial charge on any atom is -0.328 e. The van der Waals surface area contributed by atoms with Gasteiger partial charge in [0.25, 0.3) is 5.91 Å². The number of carbonyl (C=O) groups excluding carboxylic acids is 1. The second kappa shape index (κ2) is 2.98. The summed E-state index contributed by atoms with van der Waals surface area (Å²) in [7, 11) is 0. The van der Waals surface area contributed by atoms with Gasteiger partial charge in [0.1, 0.15) is 0 Å². The highest BCUT2D eigenvalue weighted by atomic mass is 16.5. The van der Waals surface area contributed by atoms with Crippen LogP contribution in [-0.2, 0) is 0 Å². The van der Waals surface area contributed by atoms with E-state index in [0.29, 0.717) is 0 Å². The number of rotatable bonds is 1. The lowest BCUT2D eigenvalue weighted by atomic mass is 10.3. The molecular weight excluding hydrogens is 148 g/mol. The third kappa shape index (κ3) is 1.65. The summed E-state index contributed by atoms with van der Waals surface area (Å²) >= 11 is 0. The Morgan fingerprint density at radius 3 is 2.73 bits per heavy atom. The van der Waals surface area contributed by atoms with Crippen molar-refractivity contribution >= 4 is 5.91 Å². The molecule has 0 saturated heterocycles. The molecular formula is C6H6N2O3.